The van der Waals surface area contributed by atoms with E-state index in [9.17, 15) is 4.79 Å². The number of carbonyl (C=O) groups excluding carboxylic acids is 1. The van der Waals surface area contributed by atoms with Crippen molar-refractivity contribution >= 4 is 5.91 Å². The van der Waals surface area contributed by atoms with Gasteiger partial charge in [-0.05, 0) is 24.0 Å². The minimum atomic E-state index is -0.0812. The van der Waals surface area contributed by atoms with Gasteiger partial charge in [-0.15, -0.1) is 0 Å². The van der Waals surface area contributed by atoms with Crippen LogP contribution in [0.5, 0.6) is 0 Å². The normalized spacial score (nSPS) is 24.1. The molecule has 3 heteroatoms. The molecule has 1 amide bonds. The lowest BCUT2D eigenvalue weighted by molar-refractivity contribution is -0.128. The molecule has 3 nitrogen and oxygen atoms in total. The molecule has 2 N–H and O–H groups in total. The number of nitrogens with two attached hydrogens (primary N) is 1. The summed E-state index contributed by atoms with van der Waals surface area (Å²) >= 11 is 0. The highest BCUT2D eigenvalue weighted by atomic mass is 16.2. The Hall–Kier alpha value is -1.35. The molecule has 1 aliphatic heterocycles. The first-order chi connectivity index (χ1) is 8.54. The van der Waals surface area contributed by atoms with Crippen LogP contribution in [0.25, 0.3) is 0 Å². The van der Waals surface area contributed by atoms with Crippen molar-refractivity contribution in [3.05, 3.63) is 35.4 Å². The number of nitrogens with zero attached hydrogens (tertiary/aromatic N) is 1. The minimum absolute atomic E-state index is 0.0451. The molecule has 1 saturated heterocycles. The summed E-state index contributed by atoms with van der Waals surface area (Å²) in [6.07, 6.45) is 0.463. The minimum Gasteiger partial charge on any atom is -0.334 e. The van der Waals surface area contributed by atoms with Gasteiger partial charge in [0.25, 0.3) is 0 Å². The molecule has 0 aromatic heterocycles. The van der Waals surface area contributed by atoms with Crippen LogP contribution in [0.3, 0.4) is 0 Å². The van der Waals surface area contributed by atoms with Crippen LogP contribution in [0.4, 0.5) is 0 Å². The van der Waals surface area contributed by atoms with Gasteiger partial charge in [-0.25, -0.2) is 0 Å². The van der Waals surface area contributed by atoms with Gasteiger partial charge in [0, 0.05) is 19.0 Å². The highest BCUT2D eigenvalue weighted by molar-refractivity contribution is 5.80. The average molecular weight is 246 g/mol. The Morgan fingerprint density at radius 3 is 2.44 bits per heavy atom. The van der Waals surface area contributed by atoms with Crippen LogP contribution in [-0.4, -0.2) is 23.4 Å². The Balaban J connectivity index is 2.27. The summed E-state index contributed by atoms with van der Waals surface area (Å²) < 4.78 is 0. The lowest BCUT2D eigenvalue weighted by Crippen LogP contribution is -2.32. The first kappa shape index (κ1) is 13.1. The molecule has 1 aromatic rings. The molecule has 0 radical (unpaired) electrons. The second-order valence-electron chi connectivity index (χ2n) is 5.31. The number of hydrogen-bond acceptors (Lipinski definition) is 2. The molecule has 0 spiro atoms. The number of likely N-dealkylation sites (tertiary alicyclic amines) is 1. The molecule has 0 bridgehead atoms. The van der Waals surface area contributed by atoms with Crippen LogP contribution in [0.1, 0.15) is 50.3 Å². The largest absolute Gasteiger partial charge is 0.334 e. The third-order valence-electron chi connectivity index (χ3n) is 3.76. The van der Waals surface area contributed by atoms with Crippen LogP contribution in [0.15, 0.2) is 24.3 Å². The molecule has 98 valence electrons. The van der Waals surface area contributed by atoms with Gasteiger partial charge in [-0.2, -0.15) is 0 Å². The smallest absolute Gasteiger partial charge is 0.224 e. The van der Waals surface area contributed by atoms with Crippen molar-refractivity contribution in [1.29, 1.82) is 0 Å². The maximum atomic E-state index is 11.8. The summed E-state index contributed by atoms with van der Waals surface area (Å²) in [5.74, 6) is 0.697. The van der Waals surface area contributed by atoms with E-state index in [1.165, 1.54) is 5.56 Å². The maximum absolute atomic E-state index is 11.8. The van der Waals surface area contributed by atoms with Gasteiger partial charge in [0.2, 0.25) is 5.91 Å². The van der Waals surface area contributed by atoms with Crippen molar-refractivity contribution in [1.82, 2.24) is 4.90 Å². The van der Waals surface area contributed by atoms with E-state index in [1.54, 1.807) is 0 Å². The van der Waals surface area contributed by atoms with E-state index in [2.05, 4.69) is 38.1 Å². The standard InChI is InChI=1S/C15H22N2O/c1-4-17-14(18)9-13(16)15(17)12-7-5-11(6-8-12)10(2)3/h5-8,10,13,15H,4,9,16H2,1-3H3. The molecule has 2 atom stereocenters. The summed E-state index contributed by atoms with van der Waals surface area (Å²) in [6, 6.07) is 8.47. The third-order valence-corrected chi connectivity index (χ3v) is 3.76. The molecule has 0 saturated carbocycles. The predicted molar refractivity (Wildman–Crippen MR) is 73.3 cm³/mol. The van der Waals surface area contributed by atoms with Gasteiger partial charge in [0.1, 0.15) is 0 Å². The fourth-order valence-corrected chi connectivity index (χ4v) is 2.70. The van der Waals surface area contributed by atoms with Crippen molar-refractivity contribution in [3.63, 3.8) is 0 Å². The second-order valence-corrected chi connectivity index (χ2v) is 5.31. The Morgan fingerprint density at radius 2 is 1.94 bits per heavy atom. The summed E-state index contributed by atoms with van der Waals surface area (Å²) in [5, 5.41) is 0. The second kappa shape index (κ2) is 5.11. The first-order valence-electron chi connectivity index (χ1n) is 6.69. The zero-order chi connectivity index (χ0) is 13.3. The molecule has 1 aromatic carbocycles. The van der Waals surface area contributed by atoms with Gasteiger partial charge < -0.3 is 10.6 Å². The Morgan fingerprint density at radius 1 is 1.33 bits per heavy atom. The first-order valence-corrected chi connectivity index (χ1v) is 6.69. The van der Waals surface area contributed by atoms with Gasteiger partial charge in [0.15, 0.2) is 0 Å². The summed E-state index contributed by atoms with van der Waals surface area (Å²) in [4.78, 5) is 13.7. The van der Waals surface area contributed by atoms with Crippen molar-refractivity contribution < 1.29 is 4.79 Å². The van der Waals surface area contributed by atoms with E-state index in [-0.39, 0.29) is 18.0 Å². The van der Waals surface area contributed by atoms with Crippen molar-refractivity contribution in [2.24, 2.45) is 5.73 Å². The van der Waals surface area contributed by atoms with Gasteiger partial charge in [-0.3, -0.25) is 4.79 Å². The summed E-state index contributed by atoms with van der Waals surface area (Å²) in [6.45, 7) is 7.09. The molecular weight excluding hydrogens is 224 g/mol. The zero-order valence-corrected chi connectivity index (χ0v) is 11.4. The van der Waals surface area contributed by atoms with Crippen LogP contribution < -0.4 is 5.73 Å². The number of likely N-dealkylation sites (N-methyl/N-ethyl adjacent to an activating group) is 1. The van der Waals surface area contributed by atoms with E-state index < -0.39 is 0 Å². The van der Waals surface area contributed by atoms with Gasteiger partial charge >= 0.3 is 0 Å². The lowest BCUT2D eigenvalue weighted by atomic mass is 9.96. The molecule has 2 rings (SSSR count). The summed E-state index contributed by atoms with van der Waals surface area (Å²) in [5.41, 5.74) is 8.57. The lowest BCUT2D eigenvalue weighted by Gasteiger charge is -2.26. The SMILES string of the molecule is CCN1C(=O)CC(N)C1c1ccc(C(C)C)cc1. The fourth-order valence-electron chi connectivity index (χ4n) is 2.70. The third kappa shape index (κ3) is 2.27. The number of benzene rings is 1. The van der Waals surface area contributed by atoms with E-state index >= 15 is 0 Å². The number of hydrogen-bond donors (Lipinski definition) is 1. The molecule has 1 aliphatic rings. The van der Waals surface area contributed by atoms with E-state index in [4.69, 9.17) is 5.73 Å². The van der Waals surface area contributed by atoms with E-state index in [0.717, 1.165) is 12.1 Å². The van der Waals surface area contributed by atoms with Crippen LogP contribution in [0, 0.1) is 0 Å². The number of amides is 1. The highest BCUT2D eigenvalue weighted by Crippen LogP contribution is 2.32. The van der Waals surface area contributed by atoms with Crippen molar-refractivity contribution in [2.75, 3.05) is 6.54 Å². The van der Waals surface area contributed by atoms with Gasteiger partial charge in [-0.1, -0.05) is 38.1 Å². The van der Waals surface area contributed by atoms with E-state index in [1.807, 2.05) is 11.8 Å². The molecule has 18 heavy (non-hydrogen) atoms. The highest BCUT2D eigenvalue weighted by Gasteiger charge is 2.37. The van der Waals surface area contributed by atoms with Crippen LogP contribution in [0.2, 0.25) is 0 Å². The van der Waals surface area contributed by atoms with E-state index in [0.29, 0.717) is 12.3 Å². The topological polar surface area (TPSA) is 46.3 Å². The Bertz CT molecular complexity index is 425. The number of carbonyl (C=O) groups is 1. The zero-order valence-electron chi connectivity index (χ0n) is 11.4. The Kier molecular flexibility index (Phi) is 3.71. The molecule has 2 unspecified atom stereocenters. The van der Waals surface area contributed by atoms with Crippen LogP contribution in [-0.2, 0) is 4.79 Å². The molecule has 0 aliphatic carbocycles. The maximum Gasteiger partial charge on any atom is 0.224 e. The molecular formula is C15H22N2O. The van der Waals surface area contributed by atoms with Crippen molar-refractivity contribution in [3.8, 4) is 0 Å². The van der Waals surface area contributed by atoms with Crippen LogP contribution >= 0.6 is 0 Å². The fraction of sp³-hybridized carbons (Fsp3) is 0.533. The average Bonchev–Trinajstić information content (AvgIpc) is 2.63. The molecule has 1 fully saturated rings. The monoisotopic (exact) mass is 246 g/mol. The Labute approximate surface area is 109 Å². The molecule has 1 heterocycles. The van der Waals surface area contributed by atoms with Gasteiger partial charge in [0.05, 0.1) is 6.04 Å². The quantitative estimate of drug-likeness (QED) is 0.890. The van der Waals surface area contributed by atoms with Crippen molar-refractivity contribution in [2.45, 2.75) is 45.2 Å². The summed E-state index contributed by atoms with van der Waals surface area (Å²) in [7, 11) is 0. The predicted octanol–water partition coefficient (Wildman–Crippen LogP) is 2.43. The number of rotatable bonds is 3.